The Morgan fingerprint density at radius 1 is 1.39 bits per heavy atom. The summed E-state index contributed by atoms with van der Waals surface area (Å²) in [5, 5.41) is 3.14. The van der Waals surface area contributed by atoms with Crippen molar-refractivity contribution in [1.29, 1.82) is 0 Å². The molecule has 2 rings (SSSR count). The van der Waals surface area contributed by atoms with Crippen molar-refractivity contribution in [3.8, 4) is 0 Å². The van der Waals surface area contributed by atoms with E-state index in [1.165, 1.54) is 4.90 Å². The molecule has 1 aromatic heterocycles. The Hall–Kier alpha value is -1.95. The van der Waals surface area contributed by atoms with Gasteiger partial charge < -0.3 is 10.1 Å². The van der Waals surface area contributed by atoms with Gasteiger partial charge in [-0.05, 0) is 52.3 Å². The van der Waals surface area contributed by atoms with Crippen LogP contribution in [0, 0.1) is 0 Å². The highest BCUT2D eigenvalue weighted by molar-refractivity contribution is 5.95. The van der Waals surface area contributed by atoms with E-state index < -0.39 is 11.7 Å². The summed E-state index contributed by atoms with van der Waals surface area (Å²) in [6, 6.07) is 5.31. The summed E-state index contributed by atoms with van der Waals surface area (Å²) < 4.78 is 5.39. The van der Waals surface area contributed by atoms with Gasteiger partial charge in [0.2, 0.25) is 5.91 Å². The van der Waals surface area contributed by atoms with Crippen LogP contribution in [0.4, 0.5) is 4.79 Å². The van der Waals surface area contributed by atoms with Crippen LogP contribution in [0.3, 0.4) is 0 Å². The lowest BCUT2D eigenvalue weighted by molar-refractivity contribution is -0.132. The van der Waals surface area contributed by atoms with E-state index in [1.807, 2.05) is 18.2 Å². The lowest BCUT2D eigenvalue weighted by Gasteiger charge is -2.27. The molecule has 23 heavy (non-hydrogen) atoms. The van der Waals surface area contributed by atoms with Gasteiger partial charge in [0.1, 0.15) is 5.60 Å². The van der Waals surface area contributed by atoms with E-state index in [1.54, 1.807) is 27.0 Å². The van der Waals surface area contributed by atoms with Gasteiger partial charge in [-0.1, -0.05) is 6.07 Å². The highest BCUT2D eigenvalue weighted by atomic mass is 16.6. The molecule has 0 saturated carbocycles. The number of pyridine rings is 1. The topological polar surface area (TPSA) is 71.5 Å². The first-order valence-corrected chi connectivity index (χ1v) is 8.04. The van der Waals surface area contributed by atoms with Crippen molar-refractivity contribution in [2.24, 2.45) is 0 Å². The molecule has 2 heterocycles. The Bertz CT molecular complexity index is 534. The summed E-state index contributed by atoms with van der Waals surface area (Å²) >= 11 is 0. The van der Waals surface area contributed by atoms with E-state index in [4.69, 9.17) is 4.74 Å². The standard InChI is InChI=1S/C17H25N3O3/c1-17(2,3)23-16(22)20(15(21)14-8-6-11-19-14)12-9-13-7-4-5-10-18-13/h4-5,7,10,14,19H,6,8-9,11-12H2,1-3H3/t14-/m0/s1. The first-order chi connectivity index (χ1) is 10.9. The first-order valence-electron chi connectivity index (χ1n) is 8.04. The number of amides is 2. The average Bonchev–Trinajstić information content (AvgIpc) is 3.00. The van der Waals surface area contributed by atoms with Crippen LogP contribution in [0.5, 0.6) is 0 Å². The SMILES string of the molecule is CC(C)(C)OC(=O)N(CCc1ccccn1)C(=O)[C@@H]1CCCN1. The third-order valence-corrected chi connectivity index (χ3v) is 3.56. The molecule has 1 atom stereocenters. The second kappa shape index (κ2) is 7.55. The summed E-state index contributed by atoms with van der Waals surface area (Å²) in [5.41, 5.74) is 0.206. The largest absolute Gasteiger partial charge is 0.443 e. The molecule has 0 bridgehead atoms. The maximum Gasteiger partial charge on any atom is 0.417 e. The Balaban J connectivity index is 2.06. The van der Waals surface area contributed by atoms with Crippen LogP contribution in [0.2, 0.25) is 0 Å². The minimum absolute atomic E-state index is 0.215. The quantitative estimate of drug-likeness (QED) is 0.920. The highest BCUT2D eigenvalue weighted by Gasteiger charge is 2.33. The van der Waals surface area contributed by atoms with Crippen LogP contribution >= 0.6 is 0 Å². The highest BCUT2D eigenvalue weighted by Crippen LogP contribution is 2.14. The van der Waals surface area contributed by atoms with Gasteiger partial charge in [0.25, 0.3) is 0 Å². The number of nitrogens with zero attached hydrogens (tertiary/aromatic N) is 2. The molecule has 0 aromatic carbocycles. The molecular weight excluding hydrogens is 294 g/mol. The molecule has 1 aliphatic heterocycles. The maximum atomic E-state index is 12.6. The summed E-state index contributed by atoms with van der Waals surface area (Å²) in [6.07, 6.45) is 3.32. The molecule has 2 amide bonds. The van der Waals surface area contributed by atoms with Crippen LogP contribution in [-0.2, 0) is 16.0 Å². The Kier molecular flexibility index (Phi) is 5.71. The minimum Gasteiger partial charge on any atom is -0.443 e. The van der Waals surface area contributed by atoms with Gasteiger partial charge in [0, 0.05) is 24.9 Å². The van der Waals surface area contributed by atoms with Gasteiger partial charge in [-0.15, -0.1) is 0 Å². The second-order valence-corrected chi connectivity index (χ2v) is 6.69. The number of carbonyl (C=O) groups excluding carboxylic acids is 2. The number of imide groups is 1. The molecule has 1 fully saturated rings. The molecule has 0 aliphatic carbocycles. The van der Waals surface area contributed by atoms with Crippen LogP contribution in [0.1, 0.15) is 39.3 Å². The van der Waals surface area contributed by atoms with E-state index >= 15 is 0 Å². The summed E-state index contributed by atoms with van der Waals surface area (Å²) in [5.74, 6) is -0.215. The molecule has 1 saturated heterocycles. The zero-order valence-electron chi connectivity index (χ0n) is 14.0. The normalized spacial score (nSPS) is 17.8. The van der Waals surface area contributed by atoms with Crippen LogP contribution in [0.25, 0.3) is 0 Å². The zero-order valence-corrected chi connectivity index (χ0v) is 14.0. The number of carbonyl (C=O) groups is 2. The van der Waals surface area contributed by atoms with Crippen molar-refractivity contribution >= 4 is 12.0 Å². The molecule has 0 spiro atoms. The third-order valence-electron chi connectivity index (χ3n) is 3.56. The molecular formula is C17H25N3O3. The average molecular weight is 319 g/mol. The molecule has 1 N–H and O–H groups in total. The molecule has 0 radical (unpaired) electrons. The maximum absolute atomic E-state index is 12.6. The second-order valence-electron chi connectivity index (χ2n) is 6.69. The van der Waals surface area contributed by atoms with Crippen molar-refractivity contribution in [3.05, 3.63) is 30.1 Å². The van der Waals surface area contributed by atoms with Crippen LogP contribution < -0.4 is 5.32 Å². The van der Waals surface area contributed by atoms with Gasteiger partial charge in [-0.2, -0.15) is 0 Å². The fourth-order valence-electron chi connectivity index (χ4n) is 2.46. The number of hydrogen-bond acceptors (Lipinski definition) is 5. The van der Waals surface area contributed by atoms with Gasteiger partial charge in [-0.25, -0.2) is 9.69 Å². The van der Waals surface area contributed by atoms with Crippen molar-refractivity contribution in [2.45, 2.75) is 51.7 Å². The van der Waals surface area contributed by atoms with Gasteiger partial charge in [-0.3, -0.25) is 9.78 Å². The Morgan fingerprint density at radius 2 is 2.17 bits per heavy atom. The van der Waals surface area contributed by atoms with E-state index in [2.05, 4.69) is 10.3 Å². The summed E-state index contributed by atoms with van der Waals surface area (Å²) in [4.78, 5) is 30.5. The smallest absolute Gasteiger partial charge is 0.417 e. The molecule has 126 valence electrons. The van der Waals surface area contributed by atoms with E-state index in [0.717, 1.165) is 25.1 Å². The van der Waals surface area contributed by atoms with E-state index in [0.29, 0.717) is 6.42 Å². The summed E-state index contributed by atoms with van der Waals surface area (Å²) in [6.45, 7) is 6.45. The first kappa shape index (κ1) is 17.4. The van der Waals surface area contributed by atoms with Crippen molar-refractivity contribution in [2.75, 3.05) is 13.1 Å². The van der Waals surface area contributed by atoms with Crippen molar-refractivity contribution in [3.63, 3.8) is 0 Å². The Morgan fingerprint density at radius 3 is 2.74 bits per heavy atom. The lowest BCUT2D eigenvalue weighted by Crippen LogP contribution is -2.49. The number of hydrogen-bond donors (Lipinski definition) is 1. The third kappa shape index (κ3) is 5.32. The molecule has 6 nitrogen and oxygen atoms in total. The van der Waals surface area contributed by atoms with Gasteiger partial charge in [0.15, 0.2) is 0 Å². The van der Waals surface area contributed by atoms with E-state index in [-0.39, 0.29) is 18.5 Å². The summed E-state index contributed by atoms with van der Waals surface area (Å²) in [7, 11) is 0. The zero-order chi connectivity index (χ0) is 16.9. The monoisotopic (exact) mass is 319 g/mol. The number of ether oxygens (including phenoxy) is 1. The number of aromatic nitrogens is 1. The fourth-order valence-corrected chi connectivity index (χ4v) is 2.46. The van der Waals surface area contributed by atoms with Gasteiger partial charge >= 0.3 is 6.09 Å². The van der Waals surface area contributed by atoms with Crippen LogP contribution in [-0.4, -0.2) is 46.6 Å². The molecule has 6 heteroatoms. The predicted molar refractivity (Wildman–Crippen MR) is 86.9 cm³/mol. The Labute approximate surface area is 137 Å². The van der Waals surface area contributed by atoms with Crippen LogP contribution in [0.15, 0.2) is 24.4 Å². The fraction of sp³-hybridized carbons (Fsp3) is 0.588. The molecule has 0 unspecified atom stereocenters. The van der Waals surface area contributed by atoms with E-state index in [9.17, 15) is 9.59 Å². The van der Waals surface area contributed by atoms with Crippen molar-refractivity contribution in [1.82, 2.24) is 15.2 Å². The number of rotatable bonds is 4. The lowest BCUT2D eigenvalue weighted by atomic mass is 10.2. The van der Waals surface area contributed by atoms with Gasteiger partial charge in [0.05, 0.1) is 6.04 Å². The molecule has 1 aromatic rings. The molecule has 1 aliphatic rings. The van der Waals surface area contributed by atoms with Crippen molar-refractivity contribution < 1.29 is 14.3 Å². The predicted octanol–water partition coefficient (Wildman–Crippen LogP) is 2.14. The number of nitrogens with one attached hydrogen (secondary N) is 1. The minimum atomic E-state index is -0.635.